The molecule has 0 aliphatic carbocycles. The minimum absolute atomic E-state index is 0.104. The van der Waals surface area contributed by atoms with Gasteiger partial charge in [0.15, 0.2) is 0 Å². The lowest BCUT2D eigenvalue weighted by atomic mass is 10.1. The first kappa shape index (κ1) is 28.4. The van der Waals surface area contributed by atoms with Crippen LogP contribution >= 0.6 is 11.3 Å². The molecule has 2 atom stereocenters. The van der Waals surface area contributed by atoms with Crippen molar-refractivity contribution in [1.82, 2.24) is 29.7 Å². The summed E-state index contributed by atoms with van der Waals surface area (Å²) in [5, 5.41) is 4.26. The van der Waals surface area contributed by atoms with Crippen molar-refractivity contribution in [3.05, 3.63) is 53.9 Å². The topological polar surface area (TPSA) is 99.6 Å². The molecule has 0 radical (unpaired) electrons. The van der Waals surface area contributed by atoms with Gasteiger partial charge in [-0.15, -0.1) is 11.3 Å². The summed E-state index contributed by atoms with van der Waals surface area (Å²) in [5.74, 6) is 2.33. The van der Waals surface area contributed by atoms with Gasteiger partial charge in [-0.2, -0.15) is 4.98 Å². The Morgan fingerprint density at radius 1 is 1.05 bits per heavy atom. The molecule has 3 aliphatic rings. The summed E-state index contributed by atoms with van der Waals surface area (Å²) in [5.41, 5.74) is 3.47. The van der Waals surface area contributed by atoms with Crippen LogP contribution in [0.4, 0.5) is 17.6 Å². The fourth-order valence-electron chi connectivity index (χ4n) is 6.17. The molecule has 3 saturated heterocycles. The molecule has 11 heteroatoms. The van der Waals surface area contributed by atoms with Crippen molar-refractivity contribution in [2.24, 2.45) is 0 Å². The number of aromatic nitrogens is 4. The average molecular weight is 587 g/mol. The number of likely N-dealkylation sites (tertiary alicyclic amines) is 2. The van der Waals surface area contributed by atoms with Crippen molar-refractivity contribution < 1.29 is 9.53 Å². The second-order valence-corrected chi connectivity index (χ2v) is 12.2. The molecule has 3 aliphatic heterocycles. The molecule has 220 valence electrons. The van der Waals surface area contributed by atoms with E-state index in [1.54, 1.807) is 25.6 Å². The number of likely N-dealkylation sites (N-methyl/N-ethyl adjacent to an activating group) is 1. The van der Waals surface area contributed by atoms with Gasteiger partial charge in [0.25, 0.3) is 5.91 Å². The Kier molecular flexibility index (Phi) is 8.32. The molecule has 0 saturated carbocycles. The number of carbonyl (C=O) groups excluding carboxylic acids is 1. The number of rotatable bonds is 6. The Morgan fingerprint density at radius 2 is 1.86 bits per heavy atom. The van der Waals surface area contributed by atoms with Crippen LogP contribution in [-0.4, -0.2) is 94.7 Å². The van der Waals surface area contributed by atoms with Crippen LogP contribution in [0.1, 0.15) is 42.2 Å². The Labute approximate surface area is 250 Å². The van der Waals surface area contributed by atoms with E-state index in [9.17, 15) is 4.79 Å². The lowest BCUT2D eigenvalue weighted by molar-refractivity contribution is 0.0793. The lowest BCUT2D eigenvalue weighted by Gasteiger charge is -2.33. The zero-order chi connectivity index (χ0) is 29.2. The first-order valence-electron chi connectivity index (χ1n) is 14.7. The van der Waals surface area contributed by atoms with Crippen molar-refractivity contribution in [3.63, 3.8) is 0 Å². The fourth-order valence-corrected chi connectivity index (χ4v) is 7.08. The van der Waals surface area contributed by atoms with Gasteiger partial charge in [-0.1, -0.05) is 19.1 Å². The van der Waals surface area contributed by atoms with Gasteiger partial charge in [0.1, 0.15) is 16.6 Å². The van der Waals surface area contributed by atoms with Gasteiger partial charge in [-0.3, -0.25) is 9.69 Å². The van der Waals surface area contributed by atoms with Crippen LogP contribution in [-0.2, 0) is 4.74 Å². The molecule has 2 unspecified atom stereocenters. The van der Waals surface area contributed by atoms with Crippen LogP contribution in [0.3, 0.4) is 0 Å². The van der Waals surface area contributed by atoms with E-state index in [1.165, 1.54) is 6.42 Å². The Morgan fingerprint density at radius 3 is 2.60 bits per heavy atom. The number of hydrogen-bond acceptors (Lipinski definition) is 10. The molecule has 3 fully saturated rings. The number of thiazole rings is 1. The number of hydrogen-bond donors (Lipinski definition) is 1. The summed E-state index contributed by atoms with van der Waals surface area (Å²) in [7, 11) is 3.25. The summed E-state index contributed by atoms with van der Waals surface area (Å²) in [6.07, 6.45) is 5.21. The number of methoxy groups -OCH3 is 1. The van der Waals surface area contributed by atoms with Crippen LogP contribution in [0.25, 0.3) is 20.8 Å². The number of amides is 1. The first-order valence-corrected chi connectivity index (χ1v) is 15.5. The summed E-state index contributed by atoms with van der Waals surface area (Å²) in [6.45, 7) is 9.10. The predicted molar refractivity (Wildman–Crippen MR) is 168 cm³/mol. The second-order valence-electron chi connectivity index (χ2n) is 11.1. The molecular formula is C31H38N8O2S. The van der Waals surface area contributed by atoms with Gasteiger partial charge in [0, 0.05) is 87.6 Å². The zero-order valence-corrected chi connectivity index (χ0v) is 25.5. The molecule has 0 spiro atoms. The Bertz CT molecular complexity index is 1570. The number of nitrogens with one attached hydrogen (secondary N) is 1. The maximum atomic E-state index is 12.9. The van der Waals surface area contributed by atoms with Crippen LogP contribution in [0, 0.1) is 6.92 Å². The molecule has 1 amide bonds. The van der Waals surface area contributed by atoms with E-state index in [2.05, 4.69) is 31.8 Å². The SMILES string of the molecule is CCN1CC2CC1CN2c1nc(C)cc(Nc2cc3nc(-c4cccc(C(=O)N5CCCC5)c4)sc3cn2)n1.COC. The van der Waals surface area contributed by atoms with E-state index >= 15 is 0 Å². The monoisotopic (exact) mass is 586 g/mol. The normalized spacial score (nSPS) is 19.8. The summed E-state index contributed by atoms with van der Waals surface area (Å²) in [4.78, 5) is 38.9. The zero-order valence-electron chi connectivity index (χ0n) is 24.7. The number of carbonyl (C=O) groups is 1. The number of aryl methyl sites for hydroxylation is 1. The number of anilines is 3. The standard InChI is InChI=1S/C29H32N8OS.C2H6O/c1-3-35-16-22-13-21(35)17-37(22)29-31-18(2)11-26(34-29)33-25-14-23-24(15-30-25)39-27(32-23)19-7-6-8-20(12-19)28(38)36-9-4-5-10-36;1-3-2/h6-8,11-12,14-15,21-22H,3-5,9-10,13,16-17H2,1-2H3,(H,30,31,33,34);1-2H3. The molecule has 4 aromatic rings. The van der Waals surface area contributed by atoms with Crippen molar-refractivity contribution in [1.29, 1.82) is 0 Å². The van der Waals surface area contributed by atoms with Gasteiger partial charge in [-0.05, 0) is 44.9 Å². The predicted octanol–water partition coefficient (Wildman–Crippen LogP) is 4.98. The van der Waals surface area contributed by atoms with Crippen molar-refractivity contribution in [3.8, 4) is 10.6 Å². The number of piperazine rings is 1. The van der Waals surface area contributed by atoms with Gasteiger partial charge in [0.2, 0.25) is 5.95 Å². The first-order chi connectivity index (χ1) is 20.4. The Balaban J connectivity index is 0.00000101. The third-order valence-corrected chi connectivity index (χ3v) is 9.20. The Hall–Kier alpha value is -3.67. The van der Waals surface area contributed by atoms with E-state index in [4.69, 9.17) is 15.0 Å². The molecule has 2 bridgehead atoms. The minimum Gasteiger partial charge on any atom is -0.388 e. The highest BCUT2D eigenvalue weighted by atomic mass is 32.1. The van der Waals surface area contributed by atoms with Gasteiger partial charge in [-0.25, -0.2) is 15.0 Å². The second kappa shape index (κ2) is 12.3. The van der Waals surface area contributed by atoms with Crippen molar-refractivity contribution in [2.75, 3.05) is 57.2 Å². The minimum atomic E-state index is 0.104. The average Bonchev–Trinajstić information content (AvgIpc) is 3.81. The number of nitrogens with zero attached hydrogens (tertiary/aromatic N) is 7. The van der Waals surface area contributed by atoms with E-state index in [1.807, 2.05) is 54.4 Å². The van der Waals surface area contributed by atoms with Crippen LogP contribution in [0.5, 0.6) is 0 Å². The summed E-state index contributed by atoms with van der Waals surface area (Å²) < 4.78 is 5.25. The van der Waals surface area contributed by atoms with Gasteiger partial charge in [0.05, 0.1) is 10.2 Å². The number of benzene rings is 1. The fraction of sp³-hybridized carbons (Fsp3) is 0.452. The highest BCUT2D eigenvalue weighted by Crippen LogP contribution is 2.34. The molecule has 7 rings (SSSR count). The van der Waals surface area contributed by atoms with E-state index < -0.39 is 0 Å². The number of pyridine rings is 1. The number of fused-ring (bicyclic) bond motifs is 3. The quantitative estimate of drug-likeness (QED) is 0.335. The molecule has 3 aromatic heterocycles. The van der Waals surface area contributed by atoms with Crippen LogP contribution in [0.2, 0.25) is 0 Å². The third-order valence-electron chi connectivity index (χ3n) is 8.14. The van der Waals surface area contributed by atoms with Gasteiger partial charge >= 0.3 is 0 Å². The highest BCUT2D eigenvalue weighted by Gasteiger charge is 2.43. The summed E-state index contributed by atoms with van der Waals surface area (Å²) in [6, 6.07) is 12.8. The number of ether oxygens (including phenoxy) is 1. The third kappa shape index (κ3) is 5.81. The summed E-state index contributed by atoms with van der Waals surface area (Å²) >= 11 is 1.59. The van der Waals surface area contributed by atoms with Crippen molar-refractivity contribution in [2.45, 2.75) is 45.2 Å². The van der Waals surface area contributed by atoms with Gasteiger partial charge < -0.3 is 19.9 Å². The van der Waals surface area contributed by atoms with E-state index in [0.717, 1.165) is 89.4 Å². The lowest BCUT2D eigenvalue weighted by Crippen LogP contribution is -2.46. The smallest absolute Gasteiger partial charge is 0.253 e. The molecule has 10 nitrogen and oxygen atoms in total. The van der Waals surface area contributed by atoms with E-state index in [-0.39, 0.29) is 5.91 Å². The molecular weight excluding hydrogens is 548 g/mol. The molecule has 42 heavy (non-hydrogen) atoms. The van der Waals surface area contributed by atoms with E-state index in [0.29, 0.717) is 17.9 Å². The van der Waals surface area contributed by atoms with Crippen molar-refractivity contribution >= 4 is 45.0 Å². The van der Waals surface area contributed by atoms with Crippen LogP contribution in [0.15, 0.2) is 42.6 Å². The van der Waals surface area contributed by atoms with Crippen LogP contribution < -0.4 is 10.2 Å². The molecule has 6 heterocycles. The maximum Gasteiger partial charge on any atom is 0.253 e. The largest absolute Gasteiger partial charge is 0.388 e. The highest BCUT2D eigenvalue weighted by molar-refractivity contribution is 7.21. The molecule has 1 N–H and O–H groups in total. The molecule has 1 aromatic carbocycles. The maximum absolute atomic E-state index is 12.9.